The largest absolute Gasteiger partial charge is 0.393 e. The molecule has 0 bridgehead atoms. The molecule has 1 N–H and O–H groups in total. The van der Waals surface area contributed by atoms with Crippen LogP contribution < -0.4 is 0 Å². The van der Waals surface area contributed by atoms with Crippen molar-refractivity contribution in [3.8, 4) is 0 Å². The van der Waals surface area contributed by atoms with Gasteiger partial charge in [-0.15, -0.1) is 0 Å². The maximum absolute atomic E-state index is 9.51. The van der Waals surface area contributed by atoms with E-state index in [0.717, 1.165) is 0 Å². The highest BCUT2D eigenvalue weighted by Crippen LogP contribution is 2.34. The van der Waals surface area contributed by atoms with E-state index in [1.807, 2.05) is 0 Å². The number of fused-ring (bicyclic) bond motifs is 1. The fraction of sp³-hybridized carbons (Fsp3) is 1.00. The molecule has 0 amide bonds. The molecule has 4 nitrogen and oxygen atoms in total. The molecule has 5 heteroatoms. The van der Waals surface area contributed by atoms with E-state index in [9.17, 15) is 5.11 Å². The van der Waals surface area contributed by atoms with Gasteiger partial charge in [-0.05, 0) is 0 Å². The molecule has 2 rings (SSSR count). The number of hydrogen-bond acceptors (Lipinski definition) is 4. The summed E-state index contributed by atoms with van der Waals surface area (Å²) >= 11 is 0. The molecule has 0 aliphatic carbocycles. The van der Waals surface area contributed by atoms with Crippen LogP contribution in [0.15, 0.2) is 0 Å². The van der Waals surface area contributed by atoms with E-state index in [0.29, 0.717) is 19.6 Å². The van der Waals surface area contributed by atoms with Gasteiger partial charge in [-0.2, -0.15) is 0 Å². The van der Waals surface area contributed by atoms with E-state index in [1.54, 1.807) is 0 Å². The molecule has 0 saturated carbocycles. The van der Waals surface area contributed by atoms with Crippen LogP contribution in [0.2, 0.25) is 5.04 Å². The van der Waals surface area contributed by atoms with E-state index in [1.165, 1.54) is 0 Å². The predicted molar refractivity (Wildman–Crippen MR) is 58.1 cm³/mol. The van der Waals surface area contributed by atoms with Crippen molar-refractivity contribution in [2.45, 2.75) is 50.5 Å². The molecular formula is C10H20O4Si. The van der Waals surface area contributed by atoms with Crippen molar-refractivity contribution in [1.82, 2.24) is 0 Å². The van der Waals surface area contributed by atoms with Gasteiger partial charge in [0.2, 0.25) is 0 Å². The lowest BCUT2D eigenvalue weighted by Crippen LogP contribution is -2.54. The van der Waals surface area contributed by atoms with Gasteiger partial charge in [0.25, 0.3) is 0 Å². The van der Waals surface area contributed by atoms with Gasteiger partial charge in [-0.3, -0.25) is 0 Å². The van der Waals surface area contributed by atoms with Crippen LogP contribution in [0.4, 0.5) is 0 Å². The Hall–Kier alpha value is 0.0569. The Labute approximate surface area is 92.4 Å². The van der Waals surface area contributed by atoms with Crippen LogP contribution in [-0.2, 0) is 13.6 Å². The van der Waals surface area contributed by atoms with E-state index in [4.69, 9.17) is 13.6 Å². The zero-order chi connectivity index (χ0) is 11.1. The Morgan fingerprint density at radius 3 is 2.60 bits per heavy atom. The van der Waals surface area contributed by atoms with Gasteiger partial charge in [0.05, 0.1) is 25.4 Å². The first-order chi connectivity index (χ1) is 6.97. The first kappa shape index (κ1) is 11.5. The third kappa shape index (κ3) is 2.60. The highest BCUT2D eigenvalue weighted by molar-refractivity contribution is 6.48. The lowest BCUT2D eigenvalue weighted by atomic mass is 10.0. The second-order valence-corrected chi connectivity index (χ2v) is 8.47. The van der Waals surface area contributed by atoms with Gasteiger partial charge in [0.1, 0.15) is 6.10 Å². The Morgan fingerprint density at radius 2 is 1.93 bits per heavy atom. The highest BCUT2D eigenvalue weighted by atomic mass is 28.3. The van der Waals surface area contributed by atoms with E-state index < -0.39 is 9.28 Å². The predicted octanol–water partition coefficient (Wildman–Crippen LogP) is 0.572. The molecule has 0 radical (unpaired) electrons. The van der Waals surface area contributed by atoms with Crippen molar-refractivity contribution in [3.05, 3.63) is 0 Å². The molecular weight excluding hydrogens is 212 g/mol. The lowest BCUT2D eigenvalue weighted by molar-refractivity contribution is -0.154. The summed E-state index contributed by atoms with van der Waals surface area (Å²) in [6.07, 6.45) is 0.380. The molecule has 2 aliphatic rings. The average Bonchev–Trinajstić information content (AvgIpc) is 2.15. The summed E-state index contributed by atoms with van der Waals surface area (Å²) in [6.45, 7) is 7.47. The number of aliphatic hydroxyl groups excluding tert-OH is 1. The van der Waals surface area contributed by atoms with Gasteiger partial charge in [0.15, 0.2) is 0 Å². The second-order valence-electron chi connectivity index (χ2n) is 5.47. The molecule has 2 fully saturated rings. The van der Waals surface area contributed by atoms with Crippen LogP contribution in [0.25, 0.3) is 0 Å². The molecule has 15 heavy (non-hydrogen) atoms. The summed E-state index contributed by atoms with van der Waals surface area (Å²) in [5.74, 6) is 0. The van der Waals surface area contributed by atoms with Crippen molar-refractivity contribution in [1.29, 1.82) is 0 Å². The zero-order valence-corrected chi connectivity index (χ0v) is 10.8. The normalized spacial score (nSPS) is 42.4. The Balaban J connectivity index is 1.97. The van der Waals surface area contributed by atoms with Gasteiger partial charge < -0.3 is 18.7 Å². The molecule has 0 aromatic carbocycles. The summed E-state index contributed by atoms with van der Waals surface area (Å²) < 4.78 is 17.2. The van der Waals surface area contributed by atoms with Crippen LogP contribution in [0.1, 0.15) is 27.2 Å². The fourth-order valence-electron chi connectivity index (χ4n) is 1.96. The number of aliphatic hydroxyl groups is 1. The van der Waals surface area contributed by atoms with Crippen LogP contribution >= 0.6 is 0 Å². The van der Waals surface area contributed by atoms with Gasteiger partial charge in [0, 0.05) is 11.5 Å². The molecule has 0 aromatic heterocycles. The van der Waals surface area contributed by atoms with Crippen LogP contribution in [0, 0.1) is 0 Å². The van der Waals surface area contributed by atoms with Gasteiger partial charge in [-0.25, -0.2) is 0 Å². The van der Waals surface area contributed by atoms with Crippen molar-refractivity contribution < 1.29 is 18.7 Å². The molecule has 88 valence electrons. The summed E-state index contributed by atoms with van der Waals surface area (Å²) in [5, 5.41) is 9.61. The maximum Gasteiger partial charge on any atom is 0.327 e. The summed E-state index contributed by atoms with van der Waals surface area (Å²) in [7, 11) is -1.63. The van der Waals surface area contributed by atoms with Crippen molar-refractivity contribution in [2.75, 3.05) is 13.2 Å². The molecule has 2 aliphatic heterocycles. The average molecular weight is 232 g/mol. The molecule has 4 unspecified atom stereocenters. The minimum Gasteiger partial charge on any atom is -0.393 e. The Kier molecular flexibility index (Phi) is 3.19. The lowest BCUT2D eigenvalue weighted by Gasteiger charge is -2.43. The minimum absolute atomic E-state index is 0.0273. The summed E-state index contributed by atoms with van der Waals surface area (Å²) in [5.41, 5.74) is 0. The minimum atomic E-state index is -1.63. The van der Waals surface area contributed by atoms with Crippen molar-refractivity contribution in [3.63, 3.8) is 0 Å². The Morgan fingerprint density at radius 1 is 1.20 bits per heavy atom. The van der Waals surface area contributed by atoms with Crippen molar-refractivity contribution in [2.24, 2.45) is 0 Å². The molecule has 0 aromatic rings. The second kappa shape index (κ2) is 4.14. The zero-order valence-electron chi connectivity index (χ0n) is 9.60. The Bertz CT molecular complexity index is 228. The first-order valence-corrected chi connectivity index (χ1v) is 7.05. The standard InChI is InChI=1S/C10H20O4Si/c1-10(2,3)15-13-6-9-8(14-15)4-7(11)5-12-9/h7-9,11,15H,4-6H2,1-3H3. The summed E-state index contributed by atoms with van der Waals surface area (Å²) in [4.78, 5) is 0. The summed E-state index contributed by atoms with van der Waals surface area (Å²) in [6, 6.07) is 0. The number of ether oxygens (including phenoxy) is 1. The molecule has 0 spiro atoms. The van der Waals surface area contributed by atoms with Crippen LogP contribution in [-0.4, -0.2) is 45.9 Å². The number of rotatable bonds is 0. The molecule has 2 heterocycles. The first-order valence-electron chi connectivity index (χ1n) is 5.53. The quantitative estimate of drug-likeness (QED) is 0.620. The van der Waals surface area contributed by atoms with E-state index in [2.05, 4.69) is 20.8 Å². The highest BCUT2D eigenvalue weighted by Gasteiger charge is 2.42. The third-order valence-corrected chi connectivity index (χ3v) is 5.35. The van der Waals surface area contributed by atoms with Crippen molar-refractivity contribution >= 4 is 9.28 Å². The number of hydrogen-bond donors (Lipinski definition) is 1. The maximum atomic E-state index is 9.51. The SMILES string of the molecule is CC(C)(C)[SiH]1OCC2OCC(O)CC2O1. The van der Waals surface area contributed by atoms with Gasteiger partial charge >= 0.3 is 9.28 Å². The molecule has 4 atom stereocenters. The molecule has 2 saturated heterocycles. The van der Waals surface area contributed by atoms with E-state index in [-0.39, 0.29) is 23.4 Å². The smallest absolute Gasteiger partial charge is 0.327 e. The fourth-order valence-corrected chi connectivity index (χ4v) is 3.92. The third-order valence-electron chi connectivity index (χ3n) is 2.84. The monoisotopic (exact) mass is 232 g/mol. The van der Waals surface area contributed by atoms with Crippen LogP contribution in [0.5, 0.6) is 0 Å². The topological polar surface area (TPSA) is 47.9 Å². The van der Waals surface area contributed by atoms with Crippen LogP contribution in [0.3, 0.4) is 0 Å². The van der Waals surface area contributed by atoms with Gasteiger partial charge in [-0.1, -0.05) is 20.8 Å². The van der Waals surface area contributed by atoms with E-state index >= 15 is 0 Å².